The SMILES string of the molecule is Cc1ccc(O)cc1C12Cc3[nH]c(=O)c(C(=O)O)cc3CC1(O)C1C(CN1C)C2. The van der Waals surface area contributed by atoms with E-state index in [0.717, 1.165) is 24.1 Å². The molecule has 1 saturated carbocycles. The van der Waals surface area contributed by atoms with E-state index in [1.807, 2.05) is 20.0 Å². The standard InChI is InChI=1S/C22H24N2O5/c1-11-3-4-14(25)6-16(11)21-7-13-10-24(2)18(13)22(21,29)8-12-5-15(20(27)28)19(26)23-17(12)9-21/h3-6,13,18,25,29H,7-10H2,1-2H3,(H,23,26)(H,27,28). The molecule has 7 nitrogen and oxygen atoms in total. The van der Waals surface area contributed by atoms with Gasteiger partial charge in [-0.1, -0.05) is 6.07 Å². The average molecular weight is 396 g/mol. The molecule has 152 valence electrons. The van der Waals surface area contributed by atoms with Gasteiger partial charge in [0.1, 0.15) is 11.3 Å². The van der Waals surface area contributed by atoms with Gasteiger partial charge in [0.25, 0.3) is 5.56 Å². The van der Waals surface area contributed by atoms with Crippen LogP contribution in [0, 0.1) is 12.8 Å². The lowest BCUT2D eigenvalue weighted by atomic mass is 9.59. The largest absolute Gasteiger partial charge is 0.508 e. The summed E-state index contributed by atoms with van der Waals surface area (Å²) in [6.07, 6.45) is 1.42. The lowest BCUT2D eigenvalue weighted by Gasteiger charge is -2.53. The number of aryl methyl sites for hydroxylation is 1. The summed E-state index contributed by atoms with van der Waals surface area (Å²) in [5.41, 5.74) is 0.540. The van der Waals surface area contributed by atoms with Gasteiger partial charge < -0.3 is 20.3 Å². The Hall–Kier alpha value is -2.64. The molecule has 5 rings (SSSR count). The number of phenolic OH excluding ortho intramolecular Hbond substituents is 1. The zero-order chi connectivity index (χ0) is 20.7. The molecule has 4 atom stereocenters. The third kappa shape index (κ3) is 2.25. The lowest BCUT2D eigenvalue weighted by molar-refractivity contribution is -0.108. The number of aromatic carboxylic acids is 1. The van der Waals surface area contributed by atoms with Gasteiger partial charge in [-0.3, -0.25) is 9.69 Å². The van der Waals surface area contributed by atoms with Gasteiger partial charge in [0.15, 0.2) is 0 Å². The molecule has 1 aromatic heterocycles. The summed E-state index contributed by atoms with van der Waals surface area (Å²) in [5.74, 6) is -0.811. The van der Waals surface area contributed by atoms with Gasteiger partial charge >= 0.3 is 5.97 Å². The average Bonchev–Trinajstić information content (AvgIpc) is 2.83. The van der Waals surface area contributed by atoms with Crippen LogP contribution in [0.4, 0.5) is 0 Å². The maximum Gasteiger partial charge on any atom is 0.341 e. The van der Waals surface area contributed by atoms with Crippen molar-refractivity contribution in [3.63, 3.8) is 0 Å². The van der Waals surface area contributed by atoms with Gasteiger partial charge in [-0.2, -0.15) is 0 Å². The van der Waals surface area contributed by atoms with Crippen molar-refractivity contribution in [3.8, 4) is 5.75 Å². The Morgan fingerprint density at radius 1 is 1.28 bits per heavy atom. The molecule has 2 heterocycles. The second-order valence-corrected chi connectivity index (χ2v) is 9.03. The highest BCUT2D eigenvalue weighted by atomic mass is 16.4. The number of phenols is 1. The Balaban J connectivity index is 1.75. The van der Waals surface area contributed by atoms with Crippen molar-refractivity contribution in [2.45, 2.75) is 43.2 Å². The number of carbonyl (C=O) groups is 1. The summed E-state index contributed by atoms with van der Waals surface area (Å²) >= 11 is 0. The minimum absolute atomic E-state index is 0.0439. The van der Waals surface area contributed by atoms with E-state index in [0.29, 0.717) is 23.6 Å². The maximum absolute atomic E-state index is 12.3. The molecule has 0 spiro atoms. The number of carboxylic acid groups (broad SMARTS) is 1. The summed E-state index contributed by atoms with van der Waals surface area (Å²) in [7, 11) is 2.00. The Kier molecular flexibility index (Phi) is 3.62. The summed E-state index contributed by atoms with van der Waals surface area (Å²) < 4.78 is 0. The molecule has 0 radical (unpaired) electrons. The van der Waals surface area contributed by atoms with Crippen LogP contribution in [0.1, 0.15) is 39.2 Å². The summed E-state index contributed by atoms with van der Waals surface area (Å²) in [6, 6.07) is 6.61. The van der Waals surface area contributed by atoms with Crippen LogP contribution >= 0.6 is 0 Å². The molecule has 2 aliphatic carbocycles. The first-order chi connectivity index (χ1) is 13.7. The van der Waals surface area contributed by atoms with E-state index in [2.05, 4.69) is 9.88 Å². The fourth-order valence-electron chi connectivity index (χ4n) is 6.38. The van der Waals surface area contributed by atoms with Gasteiger partial charge in [-0.25, -0.2) is 4.79 Å². The van der Waals surface area contributed by atoms with Crippen molar-refractivity contribution in [2.75, 3.05) is 13.6 Å². The Morgan fingerprint density at radius 3 is 2.72 bits per heavy atom. The van der Waals surface area contributed by atoms with Crippen molar-refractivity contribution < 1.29 is 20.1 Å². The van der Waals surface area contributed by atoms with Crippen LogP contribution in [0.15, 0.2) is 29.1 Å². The van der Waals surface area contributed by atoms with E-state index in [9.17, 15) is 24.9 Å². The third-order valence-electron chi connectivity index (χ3n) is 7.49. The van der Waals surface area contributed by atoms with Crippen LogP contribution in [0.5, 0.6) is 5.75 Å². The summed E-state index contributed by atoms with van der Waals surface area (Å²) in [5, 5.41) is 31.7. The number of likely N-dealkylation sites (N-methyl/N-ethyl adjacent to an activating group) is 1. The Morgan fingerprint density at radius 2 is 2.03 bits per heavy atom. The monoisotopic (exact) mass is 396 g/mol. The smallest absolute Gasteiger partial charge is 0.341 e. The maximum atomic E-state index is 12.3. The molecule has 2 fully saturated rings. The molecule has 0 amide bonds. The minimum Gasteiger partial charge on any atom is -0.508 e. The number of hydrogen-bond acceptors (Lipinski definition) is 5. The van der Waals surface area contributed by atoms with Crippen LogP contribution < -0.4 is 5.56 Å². The van der Waals surface area contributed by atoms with Crippen molar-refractivity contribution in [2.24, 2.45) is 5.92 Å². The number of carboxylic acids is 1. The number of pyridine rings is 1. The lowest BCUT2D eigenvalue weighted by Crippen LogP contribution is -2.67. The second kappa shape index (κ2) is 5.70. The predicted octanol–water partition coefficient (Wildman–Crippen LogP) is 1.19. The Labute approximate surface area is 167 Å². The van der Waals surface area contributed by atoms with Gasteiger partial charge in [-0.15, -0.1) is 0 Å². The fraction of sp³-hybridized carbons (Fsp3) is 0.455. The van der Waals surface area contributed by atoms with Crippen LogP contribution in [-0.4, -0.2) is 56.4 Å². The molecule has 1 saturated heterocycles. The number of benzene rings is 1. The number of H-pyrrole nitrogens is 1. The molecule has 1 aromatic carbocycles. The van der Waals surface area contributed by atoms with Crippen LogP contribution in [0.25, 0.3) is 0 Å². The summed E-state index contributed by atoms with van der Waals surface area (Å²) in [6.45, 7) is 2.86. The number of aromatic hydroxyl groups is 1. The molecular formula is C22H24N2O5. The topological polar surface area (TPSA) is 114 Å². The highest BCUT2D eigenvalue weighted by Crippen LogP contribution is 2.61. The zero-order valence-corrected chi connectivity index (χ0v) is 16.4. The van der Waals surface area contributed by atoms with Crippen molar-refractivity contribution in [1.29, 1.82) is 0 Å². The molecule has 4 N–H and O–H groups in total. The third-order valence-corrected chi connectivity index (χ3v) is 7.49. The van der Waals surface area contributed by atoms with Crippen LogP contribution in [-0.2, 0) is 18.3 Å². The molecule has 1 aliphatic heterocycles. The first kappa shape index (κ1) is 18.4. The first-order valence-corrected chi connectivity index (χ1v) is 9.87. The van der Waals surface area contributed by atoms with E-state index in [1.165, 1.54) is 6.07 Å². The quantitative estimate of drug-likeness (QED) is 0.606. The zero-order valence-electron chi connectivity index (χ0n) is 16.4. The minimum atomic E-state index is -1.27. The number of aromatic nitrogens is 1. The molecular weight excluding hydrogens is 372 g/mol. The molecule has 0 bridgehead atoms. The highest BCUT2D eigenvalue weighted by molar-refractivity contribution is 5.87. The van der Waals surface area contributed by atoms with Crippen LogP contribution in [0.3, 0.4) is 0 Å². The van der Waals surface area contributed by atoms with E-state index >= 15 is 0 Å². The highest BCUT2D eigenvalue weighted by Gasteiger charge is 2.69. The van der Waals surface area contributed by atoms with Crippen LogP contribution in [0.2, 0.25) is 0 Å². The van der Waals surface area contributed by atoms with E-state index in [4.69, 9.17) is 0 Å². The normalized spacial score (nSPS) is 32.8. The number of aliphatic hydroxyl groups is 1. The van der Waals surface area contributed by atoms with Gasteiger partial charge in [0.2, 0.25) is 0 Å². The van der Waals surface area contributed by atoms with Crippen molar-refractivity contribution >= 4 is 5.97 Å². The van der Waals surface area contributed by atoms with Crippen molar-refractivity contribution in [3.05, 3.63) is 62.6 Å². The molecule has 3 aliphatic rings. The number of rotatable bonds is 2. The second-order valence-electron chi connectivity index (χ2n) is 9.03. The van der Waals surface area contributed by atoms with E-state index < -0.39 is 22.5 Å². The van der Waals surface area contributed by atoms with Gasteiger partial charge in [-0.05, 0) is 61.2 Å². The Bertz CT molecular complexity index is 1110. The number of nitrogens with one attached hydrogen (secondary N) is 1. The number of fused-ring (bicyclic) bond motifs is 4. The first-order valence-electron chi connectivity index (χ1n) is 9.87. The molecule has 2 aromatic rings. The van der Waals surface area contributed by atoms with E-state index in [-0.39, 0.29) is 23.8 Å². The van der Waals surface area contributed by atoms with Crippen molar-refractivity contribution in [1.82, 2.24) is 9.88 Å². The van der Waals surface area contributed by atoms with Gasteiger partial charge in [0.05, 0.1) is 5.60 Å². The fourth-order valence-corrected chi connectivity index (χ4v) is 6.38. The molecule has 7 heteroatoms. The van der Waals surface area contributed by atoms with Gasteiger partial charge in [0, 0.05) is 36.5 Å². The predicted molar refractivity (Wildman–Crippen MR) is 105 cm³/mol. The summed E-state index contributed by atoms with van der Waals surface area (Å²) in [4.78, 5) is 28.7. The number of aromatic amines is 1. The number of hydrogen-bond donors (Lipinski definition) is 4. The molecule has 29 heavy (non-hydrogen) atoms. The number of likely N-dealkylation sites (tertiary alicyclic amines) is 1. The number of nitrogens with zero attached hydrogens (tertiary/aromatic N) is 1. The van der Waals surface area contributed by atoms with E-state index in [1.54, 1.807) is 12.1 Å². The molecule has 4 unspecified atom stereocenters.